The molecule has 8 heteroatoms. The van der Waals surface area contributed by atoms with Crippen LogP contribution in [0, 0.1) is 5.82 Å². The SMILES string of the molecule is COc1ccc(-n2cccn2)cc1S(=O)(=O)NCCCc1ccccc1F. The summed E-state index contributed by atoms with van der Waals surface area (Å²) in [6.45, 7) is 0.186. The van der Waals surface area contributed by atoms with Gasteiger partial charge in [-0.3, -0.25) is 0 Å². The van der Waals surface area contributed by atoms with E-state index in [1.807, 2.05) is 0 Å². The molecule has 0 fully saturated rings. The number of halogens is 1. The van der Waals surface area contributed by atoms with E-state index in [1.165, 1.54) is 19.2 Å². The Bertz CT molecular complexity index is 1000. The molecule has 0 saturated carbocycles. The number of sulfonamides is 1. The number of aromatic nitrogens is 2. The van der Waals surface area contributed by atoms with Gasteiger partial charge in [0.1, 0.15) is 16.5 Å². The minimum absolute atomic E-state index is 0.0314. The lowest BCUT2D eigenvalue weighted by Crippen LogP contribution is -2.25. The summed E-state index contributed by atoms with van der Waals surface area (Å²) in [5.41, 5.74) is 1.17. The van der Waals surface area contributed by atoms with E-state index in [-0.39, 0.29) is 23.0 Å². The maximum absolute atomic E-state index is 13.6. The third-order valence-electron chi connectivity index (χ3n) is 4.08. The first-order chi connectivity index (χ1) is 13.0. The maximum atomic E-state index is 13.6. The summed E-state index contributed by atoms with van der Waals surface area (Å²) in [7, 11) is -2.37. The Kier molecular flexibility index (Phi) is 5.88. The number of nitrogens with one attached hydrogen (secondary N) is 1. The van der Waals surface area contributed by atoms with E-state index in [0.29, 0.717) is 24.1 Å². The Morgan fingerprint density at radius 3 is 2.70 bits per heavy atom. The number of rotatable bonds is 8. The molecule has 0 spiro atoms. The van der Waals surface area contributed by atoms with Crippen molar-refractivity contribution in [3.05, 3.63) is 72.3 Å². The number of nitrogens with zero attached hydrogens (tertiary/aromatic N) is 2. The second kappa shape index (κ2) is 8.32. The van der Waals surface area contributed by atoms with Crippen LogP contribution < -0.4 is 9.46 Å². The Labute approximate surface area is 157 Å². The minimum Gasteiger partial charge on any atom is -0.495 e. The maximum Gasteiger partial charge on any atom is 0.244 e. The Morgan fingerprint density at radius 1 is 1.19 bits per heavy atom. The van der Waals surface area contributed by atoms with Crippen molar-refractivity contribution in [2.75, 3.05) is 13.7 Å². The van der Waals surface area contributed by atoms with Crippen LogP contribution in [0.25, 0.3) is 5.69 Å². The molecule has 3 aromatic rings. The molecule has 2 aromatic carbocycles. The van der Waals surface area contributed by atoms with Crippen LogP contribution >= 0.6 is 0 Å². The molecule has 0 bridgehead atoms. The fraction of sp³-hybridized carbons (Fsp3) is 0.211. The molecule has 0 amide bonds. The van der Waals surface area contributed by atoms with E-state index in [9.17, 15) is 12.8 Å². The fourth-order valence-corrected chi connectivity index (χ4v) is 3.96. The van der Waals surface area contributed by atoms with Crippen LogP contribution in [-0.2, 0) is 16.4 Å². The number of ether oxygens (including phenoxy) is 1. The van der Waals surface area contributed by atoms with Gasteiger partial charge in [-0.15, -0.1) is 0 Å². The standard InChI is InChI=1S/C19H20FN3O3S/c1-26-18-10-9-16(23-13-5-11-21-23)14-19(18)27(24,25)22-12-4-7-15-6-2-3-8-17(15)20/h2-3,5-6,8-11,13-14,22H,4,7,12H2,1H3. The molecular weight excluding hydrogens is 369 g/mol. The van der Waals surface area contributed by atoms with Gasteiger partial charge < -0.3 is 4.74 Å². The van der Waals surface area contributed by atoms with Crippen molar-refractivity contribution in [3.8, 4) is 11.4 Å². The van der Waals surface area contributed by atoms with Crippen LogP contribution in [0.15, 0.2) is 65.8 Å². The van der Waals surface area contributed by atoms with E-state index in [2.05, 4.69) is 9.82 Å². The van der Waals surface area contributed by atoms with Crippen molar-refractivity contribution in [2.24, 2.45) is 0 Å². The van der Waals surface area contributed by atoms with Gasteiger partial charge in [0.15, 0.2) is 0 Å². The van der Waals surface area contributed by atoms with Gasteiger partial charge in [-0.2, -0.15) is 5.10 Å². The summed E-state index contributed by atoms with van der Waals surface area (Å²) < 4.78 is 48.4. The summed E-state index contributed by atoms with van der Waals surface area (Å²) in [6.07, 6.45) is 4.25. The third kappa shape index (κ3) is 4.53. The lowest BCUT2D eigenvalue weighted by molar-refractivity contribution is 0.402. The molecule has 27 heavy (non-hydrogen) atoms. The van der Waals surface area contributed by atoms with Crippen LogP contribution in [-0.4, -0.2) is 31.9 Å². The van der Waals surface area contributed by atoms with Gasteiger partial charge in [0.25, 0.3) is 0 Å². The molecule has 6 nitrogen and oxygen atoms in total. The highest BCUT2D eigenvalue weighted by Gasteiger charge is 2.20. The van der Waals surface area contributed by atoms with E-state index in [0.717, 1.165) is 0 Å². The highest BCUT2D eigenvalue weighted by atomic mass is 32.2. The summed E-state index contributed by atoms with van der Waals surface area (Å²) in [5, 5.41) is 4.11. The molecule has 0 saturated heterocycles. The van der Waals surface area contributed by atoms with Crippen LogP contribution in [0.4, 0.5) is 4.39 Å². The quantitative estimate of drug-likeness (QED) is 0.601. The molecule has 0 aliphatic carbocycles. The first kappa shape index (κ1) is 19.1. The predicted octanol–water partition coefficient (Wildman–Crippen LogP) is 2.93. The second-order valence-electron chi connectivity index (χ2n) is 5.88. The number of hydrogen-bond acceptors (Lipinski definition) is 4. The predicted molar refractivity (Wildman–Crippen MR) is 100 cm³/mol. The van der Waals surface area contributed by atoms with E-state index < -0.39 is 10.0 Å². The first-order valence-corrected chi connectivity index (χ1v) is 9.91. The zero-order valence-corrected chi connectivity index (χ0v) is 15.6. The zero-order chi connectivity index (χ0) is 19.3. The van der Waals surface area contributed by atoms with Crippen molar-refractivity contribution in [2.45, 2.75) is 17.7 Å². The molecular formula is C19H20FN3O3S. The Morgan fingerprint density at radius 2 is 2.00 bits per heavy atom. The van der Waals surface area contributed by atoms with E-state index >= 15 is 0 Å². The first-order valence-electron chi connectivity index (χ1n) is 8.42. The molecule has 0 unspecified atom stereocenters. The summed E-state index contributed by atoms with van der Waals surface area (Å²) in [6, 6.07) is 13.0. The van der Waals surface area contributed by atoms with Crippen molar-refractivity contribution in [1.29, 1.82) is 0 Å². The molecule has 1 aromatic heterocycles. The van der Waals surface area contributed by atoms with E-state index in [1.54, 1.807) is 53.5 Å². The molecule has 1 N–H and O–H groups in total. The van der Waals surface area contributed by atoms with Gasteiger partial charge in [-0.05, 0) is 48.7 Å². The Hall–Kier alpha value is -2.71. The average molecular weight is 389 g/mol. The third-order valence-corrected chi connectivity index (χ3v) is 5.56. The van der Waals surface area contributed by atoms with Crippen molar-refractivity contribution in [3.63, 3.8) is 0 Å². The van der Waals surface area contributed by atoms with Crippen LogP contribution in [0.1, 0.15) is 12.0 Å². The van der Waals surface area contributed by atoms with Crippen molar-refractivity contribution in [1.82, 2.24) is 14.5 Å². The molecule has 142 valence electrons. The van der Waals surface area contributed by atoms with Gasteiger partial charge in [0.05, 0.1) is 12.8 Å². The summed E-state index contributed by atoms with van der Waals surface area (Å²) in [4.78, 5) is 0.0314. The van der Waals surface area contributed by atoms with Gasteiger partial charge in [0.2, 0.25) is 10.0 Å². The highest BCUT2D eigenvalue weighted by molar-refractivity contribution is 7.89. The molecule has 3 rings (SSSR count). The fourth-order valence-electron chi connectivity index (χ4n) is 2.70. The monoisotopic (exact) mass is 389 g/mol. The van der Waals surface area contributed by atoms with E-state index in [4.69, 9.17) is 4.74 Å². The Balaban J connectivity index is 1.72. The lowest BCUT2D eigenvalue weighted by Gasteiger charge is -2.12. The van der Waals surface area contributed by atoms with Crippen molar-refractivity contribution >= 4 is 10.0 Å². The number of aryl methyl sites for hydroxylation is 1. The number of methoxy groups -OCH3 is 1. The van der Waals surface area contributed by atoms with Gasteiger partial charge in [-0.25, -0.2) is 22.2 Å². The zero-order valence-electron chi connectivity index (χ0n) is 14.8. The van der Waals surface area contributed by atoms with Gasteiger partial charge in [0, 0.05) is 18.9 Å². The molecule has 0 radical (unpaired) electrons. The van der Waals surface area contributed by atoms with Crippen molar-refractivity contribution < 1.29 is 17.5 Å². The van der Waals surface area contributed by atoms with Crippen LogP contribution in [0.5, 0.6) is 5.75 Å². The molecule has 1 heterocycles. The topological polar surface area (TPSA) is 73.2 Å². The van der Waals surface area contributed by atoms with Gasteiger partial charge >= 0.3 is 0 Å². The summed E-state index contributed by atoms with van der Waals surface area (Å²) >= 11 is 0. The average Bonchev–Trinajstić information content (AvgIpc) is 3.21. The highest BCUT2D eigenvalue weighted by Crippen LogP contribution is 2.26. The number of hydrogen-bond donors (Lipinski definition) is 1. The smallest absolute Gasteiger partial charge is 0.244 e. The molecule has 0 aliphatic rings. The molecule has 0 aliphatic heterocycles. The molecule has 0 atom stereocenters. The largest absolute Gasteiger partial charge is 0.495 e. The number of benzene rings is 2. The normalized spacial score (nSPS) is 11.5. The van der Waals surface area contributed by atoms with Crippen LogP contribution in [0.3, 0.4) is 0 Å². The second-order valence-corrected chi connectivity index (χ2v) is 7.61. The van der Waals surface area contributed by atoms with Crippen LogP contribution in [0.2, 0.25) is 0 Å². The van der Waals surface area contributed by atoms with Gasteiger partial charge in [-0.1, -0.05) is 18.2 Å². The lowest BCUT2D eigenvalue weighted by atomic mass is 10.1. The summed E-state index contributed by atoms with van der Waals surface area (Å²) in [5.74, 6) is -0.0403. The minimum atomic E-state index is -3.79.